The lowest BCUT2D eigenvalue weighted by Gasteiger charge is -2.28. The molecule has 22 heavy (non-hydrogen) atoms. The summed E-state index contributed by atoms with van der Waals surface area (Å²) in [7, 11) is -3.39. The van der Waals surface area contributed by atoms with Crippen LogP contribution in [0.3, 0.4) is 0 Å². The van der Waals surface area contributed by atoms with Gasteiger partial charge in [-0.25, -0.2) is 8.42 Å². The largest absolute Gasteiger partial charge is 0.270 e. The minimum absolute atomic E-state index is 0.425. The number of nitrogens with zero attached hydrogens (tertiary/aromatic N) is 1. The number of fused-ring (bicyclic) bond motifs is 3. The molecule has 0 bridgehead atoms. The number of benzene rings is 1. The molecule has 3 atom stereocenters. The highest BCUT2D eigenvalue weighted by Crippen LogP contribution is 2.51. The van der Waals surface area contributed by atoms with Gasteiger partial charge in [0.15, 0.2) is 0 Å². The first-order chi connectivity index (χ1) is 10.6. The van der Waals surface area contributed by atoms with Gasteiger partial charge >= 0.3 is 0 Å². The Balaban J connectivity index is 1.67. The standard InChI is InChI=1S/C18H23NO2S/c1-13-6-8-15(9-7-13)22(20,21)19-11-10-17-16-5-3-2-4-14(16)12-18(17)19/h6-9,12,14,16-17H,2-5,10-11H2,1H3/t14-,16-,17-/m1/s1. The van der Waals surface area contributed by atoms with Gasteiger partial charge in [0.2, 0.25) is 0 Å². The lowest BCUT2D eigenvalue weighted by molar-refractivity contribution is 0.244. The molecular weight excluding hydrogens is 294 g/mol. The maximum absolute atomic E-state index is 13.0. The Bertz CT molecular complexity index is 705. The van der Waals surface area contributed by atoms with Crippen molar-refractivity contribution in [3.63, 3.8) is 0 Å². The van der Waals surface area contributed by atoms with E-state index in [0.717, 1.165) is 17.7 Å². The molecular formula is C18H23NO2S. The molecule has 1 aliphatic heterocycles. The summed E-state index contributed by atoms with van der Waals surface area (Å²) in [6.07, 6.45) is 8.40. The van der Waals surface area contributed by atoms with Gasteiger partial charge in [-0.15, -0.1) is 0 Å². The first-order valence-electron chi connectivity index (χ1n) is 8.38. The van der Waals surface area contributed by atoms with E-state index >= 15 is 0 Å². The average Bonchev–Trinajstić information content (AvgIpc) is 3.06. The van der Waals surface area contributed by atoms with E-state index in [0.29, 0.717) is 29.2 Å². The summed E-state index contributed by atoms with van der Waals surface area (Å²) in [6.45, 7) is 2.63. The van der Waals surface area contributed by atoms with E-state index in [2.05, 4.69) is 6.08 Å². The summed E-state index contributed by atoms with van der Waals surface area (Å²) in [5, 5.41) is 0. The van der Waals surface area contributed by atoms with Crippen LogP contribution in [0.4, 0.5) is 0 Å². The van der Waals surface area contributed by atoms with E-state index in [9.17, 15) is 8.42 Å². The van der Waals surface area contributed by atoms with Gasteiger partial charge in [0.25, 0.3) is 10.0 Å². The fourth-order valence-corrected chi connectivity index (χ4v) is 6.12. The molecule has 1 heterocycles. The molecule has 1 aromatic carbocycles. The van der Waals surface area contributed by atoms with Crippen LogP contribution in [0.2, 0.25) is 0 Å². The summed E-state index contributed by atoms with van der Waals surface area (Å²) < 4.78 is 27.7. The summed E-state index contributed by atoms with van der Waals surface area (Å²) in [5.74, 6) is 1.79. The van der Waals surface area contributed by atoms with E-state index in [1.807, 2.05) is 19.1 Å². The highest BCUT2D eigenvalue weighted by atomic mass is 32.2. The maximum Gasteiger partial charge on any atom is 0.264 e. The van der Waals surface area contributed by atoms with Crippen molar-refractivity contribution < 1.29 is 8.42 Å². The summed E-state index contributed by atoms with van der Waals surface area (Å²) in [5.41, 5.74) is 2.18. The zero-order valence-corrected chi connectivity index (χ0v) is 13.8. The molecule has 3 aliphatic rings. The van der Waals surface area contributed by atoms with Gasteiger partial charge in [-0.3, -0.25) is 4.31 Å². The van der Waals surface area contributed by atoms with E-state index in [1.165, 1.54) is 25.7 Å². The molecule has 1 saturated heterocycles. The van der Waals surface area contributed by atoms with Crippen LogP contribution >= 0.6 is 0 Å². The number of rotatable bonds is 2. The van der Waals surface area contributed by atoms with Gasteiger partial charge in [0.1, 0.15) is 0 Å². The van der Waals surface area contributed by atoms with Crippen LogP contribution in [0.5, 0.6) is 0 Å². The molecule has 0 unspecified atom stereocenters. The number of sulfonamides is 1. The van der Waals surface area contributed by atoms with E-state index in [4.69, 9.17) is 0 Å². The monoisotopic (exact) mass is 317 g/mol. The Kier molecular flexibility index (Phi) is 3.33. The van der Waals surface area contributed by atoms with Crippen molar-refractivity contribution >= 4 is 10.0 Å². The molecule has 0 aromatic heterocycles. The van der Waals surface area contributed by atoms with Crippen molar-refractivity contribution in [1.82, 2.24) is 4.31 Å². The Morgan fingerprint density at radius 2 is 1.77 bits per heavy atom. The van der Waals surface area contributed by atoms with Crippen molar-refractivity contribution in [3.05, 3.63) is 41.6 Å². The molecule has 2 aliphatic carbocycles. The molecule has 0 radical (unpaired) electrons. The second-order valence-electron chi connectivity index (χ2n) is 6.99. The van der Waals surface area contributed by atoms with Gasteiger partial charge in [-0.1, -0.05) is 36.6 Å². The van der Waals surface area contributed by atoms with Crippen molar-refractivity contribution in [1.29, 1.82) is 0 Å². The highest BCUT2D eigenvalue weighted by Gasteiger charge is 2.46. The zero-order valence-electron chi connectivity index (χ0n) is 13.0. The topological polar surface area (TPSA) is 37.4 Å². The second kappa shape index (κ2) is 5.12. The molecule has 0 spiro atoms. The minimum Gasteiger partial charge on any atom is -0.270 e. The smallest absolute Gasteiger partial charge is 0.264 e. The van der Waals surface area contributed by atoms with Crippen LogP contribution in [0.25, 0.3) is 0 Å². The van der Waals surface area contributed by atoms with Crippen LogP contribution in [0.1, 0.15) is 37.7 Å². The molecule has 1 aromatic rings. The Hall–Kier alpha value is -1.29. The number of aryl methyl sites for hydroxylation is 1. The third-order valence-corrected chi connectivity index (χ3v) is 7.54. The zero-order chi connectivity index (χ0) is 15.3. The van der Waals surface area contributed by atoms with Crippen LogP contribution in [0.15, 0.2) is 40.9 Å². The third-order valence-electron chi connectivity index (χ3n) is 5.70. The molecule has 4 heteroatoms. The predicted molar refractivity (Wildman–Crippen MR) is 86.7 cm³/mol. The highest BCUT2D eigenvalue weighted by molar-refractivity contribution is 7.89. The Morgan fingerprint density at radius 3 is 2.55 bits per heavy atom. The fourth-order valence-electron chi connectivity index (χ4n) is 4.57. The summed E-state index contributed by atoms with van der Waals surface area (Å²) >= 11 is 0. The van der Waals surface area contributed by atoms with Gasteiger partial charge in [-0.2, -0.15) is 0 Å². The first-order valence-corrected chi connectivity index (χ1v) is 9.82. The number of hydrogen-bond acceptors (Lipinski definition) is 2. The van der Waals surface area contributed by atoms with Crippen LogP contribution < -0.4 is 0 Å². The van der Waals surface area contributed by atoms with Gasteiger partial charge in [-0.05, 0) is 50.2 Å². The van der Waals surface area contributed by atoms with E-state index in [1.54, 1.807) is 16.4 Å². The quantitative estimate of drug-likeness (QED) is 0.834. The minimum atomic E-state index is -3.39. The second-order valence-corrected chi connectivity index (χ2v) is 8.85. The summed E-state index contributed by atoms with van der Waals surface area (Å²) in [6, 6.07) is 7.23. The lowest BCUT2D eigenvalue weighted by Crippen LogP contribution is -2.27. The first kappa shape index (κ1) is 14.3. The van der Waals surface area contributed by atoms with Crippen molar-refractivity contribution in [2.45, 2.75) is 43.9 Å². The van der Waals surface area contributed by atoms with Crippen molar-refractivity contribution in [2.24, 2.45) is 17.8 Å². The molecule has 1 saturated carbocycles. The van der Waals surface area contributed by atoms with E-state index in [-0.39, 0.29) is 0 Å². The molecule has 0 N–H and O–H groups in total. The summed E-state index contributed by atoms with van der Waals surface area (Å²) in [4.78, 5) is 0.425. The van der Waals surface area contributed by atoms with Gasteiger partial charge in [0, 0.05) is 18.2 Å². The third kappa shape index (κ3) is 2.11. The van der Waals surface area contributed by atoms with Crippen molar-refractivity contribution in [2.75, 3.05) is 6.54 Å². The predicted octanol–water partition coefficient (Wildman–Crippen LogP) is 3.71. The van der Waals surface area contributed by atoms with Crippen LogP contribution in [-0.4, -0.2) is 19.3 Å². The molecule has 4 rings (SSSR count). The van der Waals surface area contributed by atoms with Gasteiger partial charge in [0.05, 0.1) is 4.90 Å². The Morgan fingerprint density at radius 1 is 1.05 bits per heavy atom. The molecule has 3 nitrogen and oxygen atoms in total. The lowest BCUT2D eigenvalue weighted by atomic mass is 9.76. The number of allylic oxidation sites excluding steroid dienone is 2. The average molecular weight is 317 g/mol. The maximum atomic E-state index is 13.0. The molecule has 0 amide bonds. The normalized spacial score (nSPS) is 30.9. The fraction of sp³-hybridized carbons (Fsp3) is 0.556. The van der Waals surface area contributed by atoms with Crippen molar-refractivity contribution in [3.8, 4) is 0 Å². The SMILES string of the molecule is Cc1ccc(S(=O)(=O)N2CC[C@H]3C2=C[C@H]2CCCC[C@H]23)cc1. The molecule has 118 valence electrons. The number of hydrogen-bond donors (Lipinski definition) is 0. The van der Waals surface area contributed by atoms with Gasteiger partial charge < -0.3 is 0 Å². The van der Waals surface area contributed by atoms with E-state index < -0.39 is 10.0 Å². The Labute approximate surface area is 133 Å². The molecule has 2 fully saturated rings. The van der Waals surface area contributed by atoms with Crippen LogP contribution in [-0.2, 0) is 10.0 Å². The van der Waals surface area contributed by atoms with Crippen LogP contribution in [0, 0.1) is 24.7 Å².